The molecule has 1 saturated heterocycles. The first kappa shape index (κ1) is 20.5. The van der Waals surface area contributed by atoms with Crippen LogP contribution in [0.3, 0.4) is 0 Å². The van der Waals surface area contributed by atoms with E-state index < -0.39 is 23.8 Å². The van der Waals surface area contributed by atoms with E-state index in [1.54, 1.807) is 31.2 Å². The lowest BCUT2D eigenvalue weighted by atomic mass is 10.0. The first-order valence-corrected chi connectivity index (χ1v) is 9.44. The highest BCUT2D eigenvalue weighted by molar-refractivity contribution is 5.90. The second kappa shape index (κ2) is 8.13. The Bertz CT molecular complexity index is 1120. The number of ether oxygens (including phenoxy) is 1. The van der Waals surface area contributed by atoms with Crippen LogP contribution in [0.25, 0.3) is 22.6 Å². The Morgan fingerprint density at radius 1 is 1.16 bits per heavy atom. The van der Waals surface area contributed by atoms with Gasteiger partial charge in [-0.2, -0.15) is 0 Å². The zero-order valence-corrected chi connectivity index (χ0v) is 16.7. The average molecular weight is 428 g/mol. The minimum absolute atomic E-state index is 0.0343. The molecular weight excluding hydrogens is 410 g/mol. The van der Waals surface area contributed by atoms with Crippen molar-refractivity contribution >= 4 is 17.7 Å². The molecule has 31 heavy (non-hydrogen) atoms. The lowest BCUT2D eigenvalue weighted by Crippen LogP contribution is -2.33. The summed E-state index contributed by atoms with van der Waals surface area (Å²) in [6.45, 7) is 3.19. The molecule has 1 aliphatic rings. The molecule has 0 bridgehead atoms. The maximum atomic E-state index is 14.8. The smallest absolute Gasteiger partial charge is 0.414 e. The van der Waals surface area contributed by atoms with Gasteiger partial charge in [-0.25, -0.2) is 13.6 Å². The van der Waals surface area contributed by atoms with Crippen molar-refractivity contribution in [3.05, 3.63) is 53.9 Å². The molecule has 2 aromatic carbocycles. The van der Waals surface area contributed by atoms with Crippen molar-refractivity contribution < 1.29 is 27.5 Å². The van der Waals surface area contributed by atoms with Crippen LogP contribution < -0.4 is 10.2 Å². The SMILES string of the molecule is CC(=O)NC[C@H]1CN(c2cc(F)c(-c3ccc(-c4nnc(C)o4)cc3)c(F)c2)C(=O)O1. The largest absolute Gasteiger partial charge is 0.442 e. The van der Waals surface area contributed by atoms with Crippen molar-refractivity contribution in [3.8, 4) is 22.6 Å². The van der Waals surface area contributed by atoms with Crippen molar-refractivity contribution in [2.24, 2.45) is 0 Å². The number of rotatable bonds is 5. The van der Waals surface area contributed by atoms with Crippen LogP contribution in [0.15, 0.2) is 40.8 Å². The maximum Gasteiger partial charge on any atom is 0.414 e. The molecule has 2 heterocycles. The summed E-state index contributed by atoms with van der Waals surface area (Å²) in [6, 6.07) is 8.50. The van der Waals surface area contributed by atoms with Crippen LogP contribution >= 0.6 is 0 Å². The van der Waals surface area contributed by atoms with Crippen LogP contribution in [0.5, 0.6) is 0 Å². The minimum atomic E-state index is -0.825. The summed E-state index contributed by atoms with van der Waals surface area (Å²) in [5.41, 5.74) is 0.743. The van der Waals surface area contributed by atoms with Crippen molar-refractivity contribution in [2.75, 3.05) is 18.0 Å². The summed E-state index contributed by atoms with van der Waals surface area (Å²) in [4.78, 5) is 24.3. The van der Waals surface area contributed by atoms with Gasteiger partial charge in [-0.15, -0.1) is 10.2 Å². The van der Waals surface area contributed by atoms with Crippen LogP contribution in [-0.2, 0) is 9.53 Å². The van der Waals surface area contributed by atoms with E-state index in [9.17, 15) is 18.4 Å². The molecule has 3 aromatic rings. The van der Waals surface area contributed by atoms with Gasteiger partial charge in [0.15, 0.2) is 0 Å². The van der Waals surface area contributed by atoms with Gasteiger partial charge >= 0.3 is 6.09 Å². The number of anilines is 1. The molecule has 1 aromatic heterocycles. The van der Waals surface area contributed by atoms with E-state index in [2.05, 4.69) is 15.5 Å². The van der Waals surface area contributed by atoms with E-state index in [0.29, 0.717) is 22.9 Å². The summed E-state index contributed by atoms with van der Waals surface area (Å²) in [7, 11) is 0. The van der Waals surface area contributed by atoms with Gasteiger partial charge in [-0.1, -0.05) is 12.1 Å². The molecule has 0 aliphatic carbocycles. The van der Waals surface area contributed by atoms with Gasteiger partial charge in [0, 0.05) is 19.4 Å². The van der Waals surface area contributed by atoms with Gasteiger partial charge in [0.05, 0.1) is 24.3 Å². The van der Waals surface area contributed by atoms with E-state index >= 15 is 0 Å². The second-order valence-electron chi connectivity index (χ2n) is 7.04. The summed E-state index contributed by atoms with van der Waals surface area (Å²) < 4.78 is 40.2. The number of hydrogen-bond donors (Lipinski definition) is 1. The number of benzene rings is 2. The number of nitrogens with zero attached hydrogens (tertiary/aromatic N) is 3. The Morgan fingerprint density at radius 3 is 2.39 bits per heavy atom. The van der Waals surface area contributed by atoms with Gasteiger partial charge in [0.1, 0.15) is 17.7 Å². The fourth-order valence-electron chi connectivity index (χ4n) is 3.28. The number of carbonyl (C=O) groups excluding carboxylic acids is 2. The van der Waals surface area contributed by atoms with E-state index in [-0.39, 0.29) is 30.2 Å². The van der Waals surface area contributed by atoms with Crippen molar-refractivity contribution in [3.63, 3.8) is 0 Å². The summed E-state index contributed by atoms with van der Waals surface area (Å²) >= 11 is 0. The third-order valence-corrected chi connectivity index (χ3v) is 4.74. The first-order valence-electron chi connectivity index (χ1n) is 9.44. The standard InChI is InChI=1S/C21H18F2N4O4/c1-11(28)24-9-16-10-27(21(29)31-16)15-7-17(22)19(18(23)8-15)13-3-5-14(6-4-13)20-26-25-12(2)30-20/h3-8,16H,9-10H2,1-2H3,(H,24,28)/t16-/m0/s1. The molecule has 1 atom stereocenters. The number of hydrogen-bond acceptors (Lipinski definition) is 6. The predicted octanol–water partition coefficient (Wildman–Crippen LogP) is 3.45. The number of nitrogens with one attached hydrogen (secondary N) is 1. The Kier molecular flexibility index (Phi) is 5.37. The highest BCUT2D eigenvalue weighted by Crippen LogP contribution is 2.33. The zero-order chi connectivity index (χ0) is 22.1. The van der Waals surface area contributed by atoms with E-state index in [0.717, 1.165) is 17.0 Å². The first-order chi connectivity index (χ1) is 14.8. The second-order valence-corrected chi connectivity index (χ2v) is 7.04. The summed E-state index contributed by atoms with van der Waals surface area (Å²) in [6.07, 6.45) is -1.34. The van der Waals surface area contributed by atoms with Gasteiger partial charge in [-0.3, -0.25) is 9.69 Å². The molecule has 0 unspecified atom stereocenters. The molecule has 160 valence electrons. The van der Waals surface area contributed by atoms with Gasteiger partial charge in [-0.05, 0) is 29.8 Å². The third-order valence-electron chi connectivity index (χ3n) is 4.74. The number of aryl methyl sites for hydroxylation is 1. The summed E-state index contributed by atoms with van der Waals surface area (Å²) in [5, 5.41) is 10.2. The molecule has 0 radical (unpaired) electrons. The Labute approximate surface area is 175 Å². The lowest BCUT2D eigenvalue weighted by Gasteiger charge is -2.15. The van der Waals surface area contributed by atoms with E-state index in [1.165, 1.54) is 6.92 Å². The van der Waals surface area contributed by atoms with Crippen molar-refractivity contribution in [1.82, 2.24) is 15.5 Å². The van der Waals surface area contributed by atoms with Crippen molar-refractivity contribution in [2.45, 2.75) is 20.0 Å². The van der Waals surface area contributed by atoms with Crippen LogP contribution in [0, 0.1) is 18.6 Å². The minimum Gasteiger partial charge on any atom is -0.442 e. The zero-order valence-electron chi connectivity index (χ0n) is 16.7. The number of halogens is 2. The quantitative estimate of drug-likeness (QED) is 0.669. The molecule has 1 fully saturated rings. The van der Waals surface area contributed by atoms with Crippen LogP contribution in [0.4, 0.5) is 19.3 Å². The molecule has 1 aliphatic heterocycles. The van der Waals surface area contributed by atoms with Crippen molar-refractivity contribution in [1.29, 1.82) is 0 Å². The number of amides is 2. The molecular formula is C21H18F2N4O4. The topological polar surface area (TPSA) is 97.6 Å². The van der Waals surface area contributed by atoms with Crippen LogP contribution in [0.1, 0.15) is 12.8 Å². The number of aromatic nitrogens is 2. The van der Waals surface area contributed by atoms with E-state index in [1.807, 2.05) is 0 Å². The molecule has 1 N–H and O–H groups in total. The molecule has 2 amide bonds. The normalized spacial score (nSPS) is 15.8. The van der Waals surface area contributed by atoms with Gasteiger partial charge in [0.2, 0.25) is 17.7 Å². The fraction of sp³-hybridized carbons (Fsp3) is 0.238. The molecule has 0 spiro atoms. The average Bonchev–Trinajstić information content (AvgIpc) is 3.32. The van der Waals surface area contributed by atoms with E-state index in [4.69, 9.17) is 9.15 Å². The molecule has 10 heteroatoms. The highest BCUT2D eigenvalue weighted by Gasteiger charge is 2.33. The molecule has 8 nitrogen and oxygen atoms in total. The highest BCUT2D eigenvalue weighted by atomic mass is 19.1. The summed E-state index contributed by atoms with van der Waals surface area (Å²) in [5.74, 6) is -1.20. The Balaban J connectivity index is 1.56. The van der Waals surface area contributed by atoms with Gasteiger partial charge in [0.25, 0.3) is 0 Å². The predicted molar refractivity (Wildman–Crippen MR) is 106 cm³/mol. The Morgan fingerprint density at radius 2 is 1.81 bits per heavy atom. The Hall–Kier alpha value is -3.82. The maximum absolute atomic E-state index is 14.8. The lowest BCUT2D eigenvalue weighted by molar-refractivity contribution is -0.119. The van der Waals surface area contributed by atoms with Crippen LogP contribution in [0.2, 0.25) is 0 Å². The molecule has 0 saturated carbocycles. The third kappa shape index (κ3) is 4.23. The van der Waals surface area contributed by atoms with Gasteiger partial charge < -0.3 is 14.5 Å². The fourth-order valence-corrected chi connectivity index (χ4v) is 3.28. The number of carbonyl (C=O) groups is 2. The monoisotopic (exact) mass is 428 g/mol. The molecule has 4 rings (SSSR count). The number of cyclic esters (lactones) is 1. The van der Waals surface area contributed by atoms with Crippen LogP contribution in [-0.4, -0.2) is 41.4 Å².